The standard InChI is InChI=1S/C14H17FO5/c1-4-18-13(17)12(16)8-5-10-11(20-7-19-10)6-9(8)14(2,3)15/h5-6,12,16H,4,7H2,1-3H3. The number of aliphatic hydroxyl groups excluding tert-OH is 1. The van der Waals surface area contributed by atoms with Gasteiger partial charge in [-0.1, -0.05) is 0 Å². The van der Waals surface area contributed by atoms with Gasteiger partial charge in [0.05, 0.1) is 6.61 Å². The van der Waals surface area contributed by atoms with Crippen molar-refractivity contribution >= 4 is 5.97 Å². The average molecular weight is 284 g/mol. The van der Waals surface area contributed by atoms with Crippen LogP contribution in [0, 0.1) is 0 Å². The minimum Gasteiger partial charge on any atom is -0.464 e. The second kappa shape index (κ2) is 5.28. The number of carbonyl (C=O) groups excluding carboxylic acids is 1. The van der Waals surface area contributed by atoms with Gasteiger partial charge in [0.2, 0.25) is 6.79 Å². The molecule has 1 unspecified atom stereocenters. The third-order valence-electron chi connectivity index (χ3n) is 2.99. The van der Waals surface area contributed by atoms with Gasteiger partial charge in [-0.05, 0) is 38.5 Å². The number of benzene rings is 1. The quantitative estimate of drug-likeness (QED) is 0.859. The largest absolute Gasteiger partial charge is 0.464 e. The number of aliphatic hydroxyl groups is 1. The van der Waals surface area contributed by atoms with E-state index in [0.29, 0.717) is 11.5 Å². The number of esters is 1. The molecule has 0 saturated heterocycles. The van der Waals surface area contributed by atoms with Crippen LogP contribution in [0.2, 0.25) is 0 Å². The van der Waals surface area contributed by atoms with Crippen molar-refractivity contribution in [3.63, 3.8) is 0 Å². The van der Waals surface area contributed by atoms with Crippen molar-refractivity contribution in [3.05, 3.63) is 23.3 Å². The Morgan fingerprint density at radius 3 is 2.60 bits per heavy atom. The zero-order chi connectivity index (χ0) is 14.9. The van der Waals surface area contributed by atoms with Crippen LogP contribution in [0.15, 0.2) is 12.1 Å². The van der Waals surface area contributed by atoms with Crippen LogP contribution in [0.3, 0.4) is 0 Å². The molecule has 6 heteroatoms. The van der Waals surface area contributed by atoms with E-state index in [1.165, 1.54) is 26.0 Å². The lowest BCUT2D eigenvalue weighted by Gasteiger charge is -2.22. The molecule has 0 spiro atoms. The van der Waals surface area contributed by atoms with E-state index in [1.807, 2.05) is 0 Å². The van der Waals surface area contributed by atoms with Crippen LogP contribution >= 0.6 is 0 Å². The highest BCUT2D eigenvalue weighted by Gasteiger charge is 2.32. The van der Waals surface area contributed by atoms with E-state index in [4.69, 9.17) is 14.2 Å². The Bertz CT molecular complexity index is 521. The molecule has 2 rings (SSSR count). The van der Waals surface area contributed by atoms with Crippen LogP contribution in [-0.2, 0) is 15.2 Å². The van der Waals surface area contributed by atoms with Gasteiger partial charge in [-0.25, -0.2) is 9.18 Å². The summed E-state index contributed by atoms with van der Waals surface area (Å²) >= 11 is 0. The first kappa shape index (κ1) is 14.6. The SMILES string of the molecule is CCOC(=O)C(O)c1cc2c(cc1C(C)(C)F)OCO2. The van der Waals surface area contributed by atoms with E-state index in [0.717, 1.165) is 0 Å². The van der Waals surface area contributed by atoms with Gasteiger partial charge in [-0.3, -0.25) is 0 Å². The number of ether oxygens (including phenoxy) is 3. The minimum atomic E-state index is -1.75. The van der Waals surface area contributed by atoms with Gasteiger partial charge in [0, 0.05) is 5.56 Å². The van der Waals surface area contributed by atoms with Crippen LogP contribution in [0.4, 0.5) is 4.39 Å². The van der Waals surface area contributed by atoms with Crippen molar-refractivity contribution in [2.45, 2.75) is 32.5 Å². The Balaban J connectivity index is 2.47. The van der Waals surface area contributed by atoms with Crippen LogP contribution in [0.25, 0.3) is 0 Å². The second-order valence-corrected chi connectivity index (χ2v) is 4.92. The molecule has 0 saturated carbocycles. The lowest BCUT2D eigenvalue weighted by Crippen LogP contribution is -2.21. The molecule has 5 nitrogen and oxygen atoms in total. The summed E-state index contributed by atoms with van der Waals surface area (Å²) in [6.07, 6.45) is -1.56. The fourth-order valence-corrected chi connectivity index (χ4v) is 2.05. The highest BCUT2D eigenvalue weighted by Crippen LogP contribution is 2.41. The van der Waals surface area contributed by atoms with Crippen LogP contribution < -0.4 is 9.47 Å². The monoisotopic (exact) mass is 284 g/mol. The maximum atomic E-state index is 14.3. The lowest BCUT2D eigenvalue weighted by atomic mass is 9.91. The third-order valence-corrected chi connectivity index (χ3v) is 2.99. The van der Waals surface area contributed by atoms with Crippen molar-refractivity contribution in [2.24, 2.45) is 0 Å². The normalized spacial score (nSPS) is 15.1. The van der Waals surface area contributed by atoms with Gasteiger partial charge in [-0.2, -0.15) is 0 Å². The molecule has 1 aromatic rings. The van der Waals surface area contributed by atoms with Gasteiger partial charge in [0.15, 0.2) is 17.6 Å². The molecule has 0 bridgehead atoms. The molecule has 1 aliphatic heterocycles. The summed E-state index contributed by atoms with van der Waals surface area (Å²) in [4.78, 5) is 11.7. The highest BCUT2D eigenvalue weighted by molar-refractivity contribution is 5.77. The Labute approximate surface area is 116 Å². The zero-order valence-corrected chi connectivity index (χ0v) is 11.6. The summed E-state index contributed by atoms with van der Waals surface area (Å²) < 4.78 is 29.4. The molecule has 1 heterocycles. The number of hydrogen-bond donors (Lipinski definition) is 1. The minimum absolute atomic E-state index is 0.0282. The van der Waals surface area contributed by atoms with Gasteiger partial charge in [-0.15, -0.1) is 0 Å². The molecular weight excluding hydrogens is 267 g/mol. The van der Waals surface area contributed by atoms with Crippen LogP contribution in [-0.4, -0.2) is 24.5 Å². The van der Waals surface area contributed by atoms with Crippen molar-refractivity contribution < 1.29 is 28.5 Å². The van der Waals surface area contributed by atoms with E-state index >= 15 is 0 Å². The molecule has 0 fully saturated rings. The predicted octanol–water partition coefficient (Wildman–Crippen LogP) is 2.22. The summed E-state index contributed by atoms with van der Waals surface area (Å²) in [5.41, 5.74) is -1.45. The maximum Gasteiger partial charge on any atom is 0.339 e. The number of rotatable bonds is 4. The highest BCUT2D eigenvalue weighted by atomic mass is 19.1. The van der Waals surface area contributed by atoms with Crippen molar-refractivity contribution in [1.82, 2.24) is 0 Å². The summed E-state index contributed by atoms with van der Waals surface area (Å²) in [5.74, 6) is -0.0567. The fourth-order valence-electron chi connectivity index (χ4n) is 2.05. The molecule has 1 atom stereocenters. The Hall–Kier alpha value is -1.82. The van der Waals surface area contributed by atoms with Gasteiger partial charge < -0.3 is 19.3 Å². The molecule has 1 N–H and O–H groups in total. The van der Waals surface area contributed by atoms with Gasteiger partial charge >= 0.3 is 5.97 Å². The van der Waals surface area contributed by atoms with E-state index in [9.17, 15) is 14.3 Å². The Morgan fingerprint density at radius 1 is 1.45 bits per heavy atom. The number of fused-ring (bicyclic) bond motifs is 1. The van der Waals surface area contributed by atoms with E-state index in [-0.39, 0.29) is 24.5 Å². The van der Waals surface area contributed by atoms with E-state index in [1.54, 1.807) is 6.92 Å². The third kappa shape index (κ3) is 2.70. The molecule has 0 aliphatic carbocycles. The summed E-state index contributed by atoms with van der Waals surface area (Å²) in [6.45, 7) is 4.47. The van der Waals surface area contributed by atoms with E-state index < -0.39 is 17.7 Å². The number of carbonyl (C=O) groups is 1. The Morgan fingerprint density at radius 2 is 2.05 bits per heavy atom. The van der Waals surface area contributed by atoms with E-state index in [2.05, 4.69) is 0 Å². The molecule has 110 valence electrons. The topological polar surface area (TPSA) is 65.0 Å². The predicted molar refractivity (Wildman–Crippen MR) is 68.3 cm³/mol. The number of hydrogen-bond acceptors (Lipinski definition) is 5. The lowest BCUT2D eigenvalue weighted by molar-refractivity contribution is -0.153. The number of halogens is 1. The maximum absolute atomic E-state index is 14.3. The summed E-state index contributed by atoms with van der Waals surface area (Å²) in [7, 11) is 0. The molecular formula is C14H17FO5. The van der Waals surface area contributed by atoms with Crippen molar-refractivity contribution in [3.8, 4) is 11.5 Å². The first-order chi connectivity index (χ1) is 9.34. The molecule has 1 aromatic carbocycles. The first-order valence-electron chi connectivity index (χ1n) is 6.32. The molecule has 0 amide bonds. The molecule has 20 heavy (non-hydrogen) atoms. The van der Waals surface area contributed by atoms with Crippen molar-refractivity contribution in [1.29, 1.82) is 0 Å². The average Bonchev–Trinajstić information content (AvgIpc) is 2.82. The molecule has 1 aliphatic rings. The second-order valence-electron chi connectivity index (χ2n) is 4.92. The van der Waals surface area contributed by atoms with Gasteiger partial charge in [0.25, 0.3) is 0 Å². The van der Waals surface area contributed by atoms with Gasteiger partial charge in [0.1, 0.15) is 5.67 Å². The molecule has 0 aromatic heterocycles. The first-order valence-corrected chi connectivity index (χ1v) is 6.32. The molecule has 0 radical (unpaired) electrons. The van der Waals surface area contributed by atoms with Crippen molar-refractivity contribution in [2.75, 3.05) is 13.4 Å². The summed E-state index contributed by atoms with van der Waals surface area (Å²) in [6, 6.07) is 2.86. The smallest absolute Gasteiger partial charge is 0.339 e. The Kier molecular flexibility index (Phi) is 3.85. The number of alkyl halides is 1. The zero-order valence-electron chi connectivity index (χ0n) is 11.6. The summed E-state index contributed by atoms with van der Waals surface area (Å²) in [5, 5.41) is 10.1. The fraction of sp³-hybridized carbons (Fsp3) is 0.500. The van der Waals surface area contributed by atoms with Crippen LogP contribution in [0.5, 0.6) is 11.5 Å². The van der Waals surface area contributed by atoms with Crippen LogP contribution in [0.1, 0.15) is 38.0 Å².